The summed E-state index contributed by atoms with van der Waals surface area (Å²) >= 11 is 4.83. The molecule has 16 heavy (non-hydrogen) atoms. The molecule has 0 aliphatic carbocycles. The van der Waals surface area contributed by atoms with Crippen LogP contribution < -0.4 is 5.73 Å². The van der Waals surface area contributed by atoms with E-state index in [0.29, 0.717) is 0 Å². The molecular weight excluding hydrogens is 427 g/mol. The number of nitrogens with two attached hydrogens (primary N) is 1. The Labute approximate surface area is 128 Å². The van der Waals surface area contributed by atoms with Gasteiger partial charge in [0.15, 0.2) is 0 Å². The van der Waals surface area contributed by atoms with Crippen LogP contribution in [0.25, 0.3) is 0 Å². The SMILES string of the molecule is BC(CC(C)(I)CC)(C(N)=O)C(C)(I)CC. The Kier molecular flexibility index (Phi) is 6.11. The Bertz CT molecular complexity index is 269. The van der Waals surface area contributed by atoms with Crippen molar-refractivity contribution in [3.8, 4) is 0 Å². The number of amides is 1. The van der Waals surface area contributed by atoms with Gasteiger partial charge < -0.3 is 5.73 Å². The number of hydrogen-bond donors (Lipinski definition) is 1. The van der Waals surface area contributed by atoms with Gasteiger partial charge in [-0.15, -0.1) is 0 Å². The molecule has 0 aromatic heterocycles. The zero-order chi connectivity index (χ0) is 13.2. The Morgan fingerprint density at radius 2 is 1.69 bits per heavy atom. The van der Waals surface area contributed by atoms with Crippen LogP contribution >= 0.6 is 45.2 Å². The summed E-state index contributed by atoms with van der Waals surface area (Å²) in [6.45, 7) is 8.59. The summed E-state index contributed by atoms with van der Waals surface area (Å²) in [5.74, 6) is -0.178. The fourth-order valence-electron chi connectivity index (χ4n) is 1.78. The van der Waals surface area contributed by atoms with Crippen molar-refractivity contribution < 1.29 is 4.79 Å². The van der Waals surface area contributed by atoms with Crippen LogP contribution in [0.4, 0.5) is 0 Å². The van der Waals surface area contributed by atoms with E-state index in [9.17, 15) is 4.79 Å². The lowest BCUT2D eigenvalue weighted by atomic mass is 9.56. The number of alkyl halides is 2. The van der Waals surface area contributed by atoms with Crippen molar-refractivity contribution in [2.45, 2.75) is 59.1 Å². The highest BCUT2D eigenvalue weighted by atomic mass is 127. The van der Waals surface area contributed by atoms with E-state index in [0.717, 1.165) is 19.3 Å². The highest BCUT2D eigenvalue weighted by Crippen LogP contribution is 2.52. The van der Waals surface area contributed by atoms with Crippen LogP contribution in [-0.4, -0.2) is 20.6 Å². The summed E-state index contributed by atoms with van der Waals surface area (Å²) in [5.41, 5.74) is 5.65. The van der Waals surface area contributed by atoms with Crippen molar-refractivity contribution in [1.82, 2.24) is 0 Å². The minimum absolute atomic E-state index is 0.0851. The third-order valence-electron chi connectivity index (χ3n) is 3.82. The Hall–Kier alpha value is 0.995. The van der Waals surface area contributed by atoms with E-state index in [1.54, 1.807) is 0 Å². The van der Waals surface area contributed by atoms with E-state index in [1.165, 1.54) is 0 Å². The fraction of sp³-hybridized carbons (Fsp3) is 0.909. The van der Waals surface area contributed by atoms with E-state index < -0.39 is 5.31 Å². The van der Waals surface area contributed by atoms with E-state index in [-0.39, 0.29) is 12.8 Å². The maximum Gasteiger partial charge on any atom is 0.216 e. The van der Waals surface area contributed by atoms with Crippen molar-refractivity contribution in [3.63, 3.8) is 0 Å². The second kappa shape index (κ2) is 5.76. The zero-order valence-electron chi connectivity index (χ0n) is 10.9. The predicted molar refractivity (Wildman–Crippen MR) is 90.5 cm³/mol. The molecule has 0 fully saturated rings. The van der Waals surface area contributed by atoms with Crippen molar-refractivity contribution in [2.75, 3.05) is 0 Å². The van der Waals surface area contributed by atoms with Crippen LogP contribution in [0.15, 0.2) is 0 Å². The minimum atomic E-state index is -0.450. The molecule has 94 valence electrons. The van der Waals surface area contributed by atoms with Gasteiger partial charge in [0.25, 0.3) is 0 Å². The van der Waals surface area contributed by atoms with Gasteiger partial charge in [0.1, 0.15) is 7.85 Å². The molecule has 0 spiro atoms. The molecule has 2 nitrogen and oxygen atoms in total. The summed E-state index contributed by atoms with van der Waals surface area (Å²) in [5, 5.41) is -0.450. The minimum Gasteiger partial charge on any atom is -0.370 e. The number of carbonyl (C=O) groups is 1. The van der Waals surface area contributed by atoms with E-state index >= 15 is 0 Å². The molecule has 0 aliphatic rings. The molecule has 0 rings (SSSR count). The number of carbonyl (C=O) groups excluding carboxylic acids is 1. The largest absolute Gasteiger partial charge is 0.370 e. The number of rotatable bonds is 6. The Morgan fingerprint density at radius 1 is 1.25 bits per heavy atom. The van der Waals surface area contributed by atoms with Gasteiger partial charge in [0, 0.05) is 12.2 Å². The van der Waals surface area contributed by atoms with Crippen molar-refractivity contribution in [3.05, 3.63) is 0 Å². The molecular formula is C11H22BI2NO. The first-order valence-electron chi connectivity index (χ1n) is 5.70. The van der Waals surface area contributed by atoms with Crippen molar-refractivity contribution >= 4 is 58.9 Å². The van der Waals surface area contributed by atoms with Gasteiger partial charge in [-0.3, -0.25) is 4.79 Å². The monoisotopic (exact) mass is 449 g/mol. The maximum absolute atomic E-state index is 11.8. The van der Waals surface area contributed by atoms with Gasteiger partial charge in [-0.2, -0.15) is 0 Å². The smallest absolute Gasteiger partial charge is 0.216 e. The summed E-state index contributed by atoms with van der Waals surface area (Å²) in [6, 6.07) is 0. The van der Waals surface area contributed by atoms with Gasteiger partial charge in [0.2, 0.25) is 5.91 Å². The molecule has 0 radical (unpaired) electrons. The van der Waals surface area contributed by atoms with Crippen LogP contribution in [-0.2, 0) is 4.79 Å². The van der Waals surface area contributed by atoms with E-state index in [4.69, 9.17) is 5.73 Å². The quantitative estimate of drug-likeness (QED) is 0.379. The Balaban J connectivity index is 5.23. The van der Waals surface area contributed by atoms with Crippen LogP contribution in [0.1, 0.15) is 47.0 Å². The molecule has 3 atom stereocenters. The molecule has 1 amide bonds. The molecule has 3 unspecified atom stereocenters. The number of hydrogen-bond acceptors (Lipinski definition) is 1. The highest BCUT2D eigenvalue weighted by molar-refractivity contribution is 14.1. The highest BCUT2D eigenvalue weighted by Gasteiger charge is 2.48. The van der Waals surface area contributed by atoms with Gasteiger partial charge >= 0.3 is 0 Å². The van der Waals surface area contributed by atoms with Crippen molar-refractivity contribution in [2.24, 2.45) is 5.73 Å². The molecule has 0 heterocycles. The van der Waals surface area contributed by atoms with Crippen LogP contribution in [0.2, 0.25) is 5.31 Å². The second-order valence-corrected chi connectivity index (χ2v) is 10.2. The van der Waals surface area contributed by atoms with Gasteiger partial charge in [-0.25, -0.2) is 0 Å². The first-order valence-corrected chi connectivity index (χ1v) is 7.86. The zero-order valence-corrected chi connectivity index (χ0v) is 15.2. The topological polar surface area (TPSA) is 43.1 Å². The normalized spacial score (nSPS) is 22.9. The third kappa shape index (κ3) is 3.75. The molecule has 5 heteroatoms. The average Bonchev–Trinajstić information content (AvgIpc) is 2.16. The van der Waals surface area contributed by atoms with E-state index in [2.05, 4.69) is 72.9 Å². The Morgan fingerprint density at radius 3 is 1.94 bits per heavy atom. The first kappa shape index (κ1) is 17.0. The predicted octanol–water partition coefficient (Wildman–Crippen LogP) is 2.86. The third-order valence-corrected chi connectivity index (χ3v) is 6.92. The van der Waals surface area contributed by atoms with Crippen LogP contribution in [0, 0.1) is 0 Å². The number of primary amides is 1. The average molecular weight is 449 g/mol. The fourth-order valence-corrected chi connectivity index (χ4v) is 3.00. The summed E-state index contributed by atoms with van der Waals surface area (Å²) in [7, 11) is 2.01. The van der Waals surface area contributed by atoms with Crippen molar-refractivity contribution in [1.29, 1.82) is 0 Å². The standard InChI is InChI=1S/C11H22BI2NO/c1-5-9(3,13)7-11(12,8(15)16)10(4,14)6-2/h5-7,12H2,1-4H3,(H2,15,16). The second-order valence-electron chi connectivity index (χ2n) is 5.19. The maximum atomic E-state index is 11.8. The summed E-state index contributed by atoms with van der Waals surface area (Å²) in [6.07, 6.45) is 2.83. The number of halogens is 2. The van der Waals surface area contributed by atoms with Crippen LogP contribution in [0.5, 0.6) is 0 Å². The summed E-state index contributed by atoms with van der Waals surface area (Å²) < 4.78 is 0.0430. The molecule has 2 N–H and O–H groups in total. The molecule has 0 saturated heterocycles. The lowest BCUT2D eigenvalue weighted by Crippen LogP contribution is -2.48. The molecule has 0 aromatic rings. The molecule has 0 aliphatic heterocycles. The lowest BCUT2D eigenvalue weighted by Gasteiger charge is -2.44. The molecule has 0 bridgehead atoms. The van der Waals surface area contributed by atoms with Crippen LogP contribution in [0.3, 0.4) is 0 Å². The summed E-state index contributed by atoms with van der Waals surface area (Å²) in [4.78, 5) is 11.8. The van der Waals surface area contributed by atoms with Gasteiger partial charge in [-0.1, -0.05) is 72.9 Å². The van der Waals surface area contributed by atoms with E-state index in [1.807, 2.05) is 7.85 Å². The molecule has 0 aromatic carbocycles. The molecule has 0 saturated carbocycles. The lowest BCUT2D eigenvalue weighted by molar-refractivity contribution is -0.122. The van der Waals surface area contributed by atoms with Gasteiger partial charge in [0.05, 0.1) is 0 Å². The first-order chi connectivity index (χ1) is 7.02. The van der Waals surface area contributed by atoms with Gasteiger partial charge in [-0.05, 0) is 19.3 Å².